The minimum Gasteiger partial charge on any atom is -0.478 e. The summed E-state index contributed by atoms with van der Waals surface area (Å²) < 4.78 is 26.9. The number of carboxylic acids is 1. The summed E-state index contributed by atoms with van der Waals surface area (Å²) in [6.45, 7) is 3.15. The maximum atomic E-state index is 12.7. The highest BCUT2D eigenvalue weighted by molar-refractivity contribution is 7.89. The molecule has 6 nitrogen and oxygen atoms in total. The number of piperidine rings is 1. The first-order valence-electron chi connectivity index (χ1n) is 7.24. The normalized spacial score (nSPS) is 17.9. The van der Waals surface area contributed by atoms with Crippen molar-refractivity contribution >= 4 is 26.9 Å². The van der Waals surface area contributed by atoms with Gasteiger partial charge in [-0.15, -0.1) is 0 Å². The average Bonchev–Trinajstić information content (AvgIpc) is 2.90. The number of hydrogen-bond donors (Lipinski definition) is 2. The smallest absolute Gasteiger partial charge is 0.337 e. The van der Waals surface area contributed by atoms with Gasteiger partial charge >= 0.3 is 5.97 Å². The second-order valence-electron chi connectivity index (χ2n) is 5.80. The molecule has 0 bridgehead atoms. The van der Waals surface area contributed by atoms with Crippen LogP contribution in [0.25, 0.3) is 10.9 Å². The third-order valence-corrected chi connectivity index (χ3v) is 6.16. The van der Waals surface area contributed by atoms with Crippen LogP contribution in [0, 0.1) is 5.92 Å². The maximum Gasteiger partial charge on any atom is 0.337 e. The fourth-order valence-electron chi connectivity index (χ4n) is 2.81. The van der Waals surface area contributed by atoms with Gasteiger partial charge in [-0.2, -0.15) is 4.31 Å². The molecule has 1 aliphatic heterocycles. The van der Waals surface area contributed by atoms with Gasteiger partial charge in [0.05, 0.1) is 10.5 Å². The van der Waals surface area contributed by atoms with Gasteiger partial charge in [0.2, 0.25) is 10.0 Å². The van der Waals surface area contributed by atoms with Crippen molar-refractivity contribution in [1.82, 2.24) is 9.29 Å². The lowest BCUT2D eigenvalue weighted by Crippen LogP contribution is -2.37. The molecule has 22 heavy (non-hydrogen) atoms. The summed E-state index contributed by atoms with van der Waals surface area (Å²) in [5.74, 6) is -0.537. The molecule has 2 heterocycles. The van der Waals surface area contributed by atoms with E-state index >= 15 is 0 Å². The Balaban J connectivity index is 2.01. The summed E-state index contributed by atoms with van der Waals surface area (Å²) in [6.07, 6.45) is 3.09. The summed E-state index contributed by atoms with van der Waals surface area (Å²) in [6, 6.07) is 4.59. The lowest BCUT2D eigenvalue weighted by molar-refractivity contribution is 0.0699. The third-order valence-electron chi connectivity index (χ3n) is 4.26. The van der Waals surface area contributed by atoms with Crippen LogP contribution in [-0.4, -0.2) is 41.9 Å². The summed E-state index contributed by atoms with van der Waals surface area (Å²) in [5.41, 5.74) is 0.697. The van der Waals surface area contributed by atoms with E-state index < -0.39 is 16.0 Å². The van der Waals surface area contributed by atoms with Gasteiger partial charge in [-0.25, -0.2) is 13.2 Å². The number of aromatic carboxylic acids is 1. The molecule has 2 aromatic rings. The number of nitrogens with zero attached hydrogens (tertiary/aromatic N) is 1. The van der Waals surface area contributed by atoms with Crippen LogP contribution in [0.5, 0.6) is 0 Å². The molecule has 1 aromatic carbocycles. The minimum atomic E-state index is -3.57. The van der Waals surface area contributed by atoms with Gasteiger partial charge < -0.3 is 10.1 Å². The van der Waals surface area contributed by atoms with Gasteiger partial charge in [-0.1, -0.05) is 6.92 Å². The molecule has 118 valence electrons. The highest BCUT2D eigenvalue weighted by Crippen LogP contribution is 2.27. The molecule has 0 unspecified atom stereocenters. The standard InChI is InChI=1S/C15H18N2O4S/c1-10-4-6-17(7-5-10)22(20,21)11-2-3-14-12(8-11)13(9-16-14)15(18)19/h2-3,8-10,16H,4-7H2,1H3,(H,18,19). The molecule has 3 rings (SSSR count). The number of fused-ring (bicyclic) bond motifs is 1. The van der Waals surface area contributed by atoms with Crippen LogP contribution < -0.4 is 0 Å². The van der Waals surface area contributed by atoms with E-state index in [2.05, 4.69) is 11.9 Å². The average molecular weight is 322 g/mol. The molecule has 1 aliphatic rings. The van der Waals surface area contributed by atoms with Crippen LogP contribution in [0.3, 0.4) is 0 Å². The first-order chi connectivity index (χ1) is 10.4. The number of nitrogens with one attached hydrogen (secondary N) is 1. The van der Waals surface area contributed by atoms with Gasteiger partial charge in [0, 0.05) is 30.2 Å². The highest BCUT2D eigenvalue weighted by atomic mass is 32.2. The Morgan fingerprint density at radius 2 is 2.00 bits per heavy atom. The Morgan fingerprint density at radius 3 is 2.64 bits per heavy atom. The summed E-state index contributed by atoms with van der Waals surface area (Å²) in [4.78, 5) is 14.2. The lowest BCUT2D eigenvalue weighted by Gasteiger charge is -2.29. The molecule has 0 aliphatic carbocycles. The molecule has 2 N–H and O–H groups in total. The maximum absolute atomic E-state index is 12.7. The van der Waals surface area contributed by atoms with E-state index in [0.29, 0.717) is 29.9 Å². The second kappa shape index (κ2) is 5.40. The van der Waals surface area contributed by atoms with Crippen molar-refractivity contribution in [1.29, 1.82) is 0 Å². The van der Waals surface area contributed by atoms with Crippen molar-refractivity contribution in [2.45, 2.75) is 24.7 Å². The fraction of sp³-hybridized carbons (Fsp3) is 0.400. The van der Waals surface area contributed by atoms with Crippen molar-refractivity contribution in [2.24, 2.45) is 5.92 Å². The topological polar surface area (TPSA) is 90.5 Å². The fourth-order valence-corrected chi connectivity index (χ4v) is 4.31. The van der Waals surface area contributed by atoms with Crippen molar-refractivity contribution in [3.63, 3.8) is 0 Å². The number of aromatic amines is 1. The van der Waals surface area contributed by atoms with Gasteiger partial charge in [-0.05, 0) is 37.0 Å². The van der Waals surface area contributed by atoms with Crippen LogP contribution >= 0.6 is 0 Å². The molecule has 0 radical (unpaired) electrons. The Hall–Kier alpha value is -1.86. The summed E-state index contributed by atoms with van der Waals surface area (Å²) >= 11 is 0. The largest absolute Gasteiger partial charge is 0.478 e. The van der Waals surface area contributed by atoms with Crippen LogP contribution in [0.15, 0.2) is 29.3 Å². The molecule has 0 atom stereocenters. The van der Waals surface area contributed by atoms with E-state index in [1.54, 1.807) is 6.07 Å². The second-order valence-corrected chi connectivity index (χ2v) is 7.74. The van der Waals surface area contributed by atoms with E-state index in [-0.39, 0.29) is 10.5 Å². The van der Waals surface area contributed by atoms with E-state index in [1.165, 1.54) is 22.6 Å². The molecule has 1 fully saturated rings. The quantitative estimate of drug-likeness (QED) is 0.907. The number of benzene rings is 1. The van der Waals surface area contributed by atoms with Crippen molar-refractivity contribution in [2.75, 3.05) is 13.1 Å². The molecule has 1 saturated heterocycles. The molecular formula is C15H18N2O4S. The van der Waals surface area contributed by atoms with Gasteiger partial charge in [0.15, 0.2) is 0 Å². The Labute approximate surface area is 128 Å². The van der Waals surface area contributed by atoms with Crippen LogP contribution in [-0.2, 0) is 10.0 Å². The summed E-state index contributed by atoms with van der Waals surface area (Å²) in [5, 5.41) is 9.58. The zero-order chi connectivity index (χ0) is 15.9. The Kier molecular flexibility index (Phi) is 3.70. The number of hydrogen-bond acceptors (Lipinski definition) is 3. The van der Waals surface area contributed by atoms with Crippen molar-refractivity contribution in [3.05, 3.63) is 30.0 Å². The Bertz CT molecular complexity index is 817. The molecule has 7 heteroatoms. The van der Waals surface area contributed by atoms with Crippen LogP contribution in [0.4, 0.5) is 0 Å². The van der Waals surface area contributed by atoms with E-state index in [0.717, 1.165) is 12.8 Å². The van der Waals surface area contributed by atoms with E-state index in [4.69, 9.17) is 5.11 Å². The predicted molar refractivity (Wildman–Crippen MR) is 82.4 cm³/mol. The van der Waals surface area contributed by atoms with E-state index in [9.17, 15) is 13.2 Å². The minimum absolute atomic E-state index is 0.0827. The zero-order valence-electron chi connectivity index (χ0n) is 12.2. The molecule has 0 amide bonds. The van der Waals surface area contributed by atoms with Gasteiger partial charge in [-0.3, -0.25) is 0 Å². The number of H-pyrrole nitrogens is 1. The third kappa shape index (κ3) is 2.50. The van der Waals surface area contributed by atoms with E-state index in [1.807, 2.05) is 0 Å². The number of sulfonamides is 1. The van der Waals surface area contributed by atoms with Gasteiger partial charge in [0.1, 0.15) is 0 Å². The number of rotatable bonds is 3. The highest BCUT2D eigenvalue weighted by Gasteiger charge is 2.28. The molecule has 0 spiro atoms. The molecular weight excluding hydrogens is 304 g/mol. The number of aromatic nitrogens is 1. The first-order valence-corrected chi connectivity index (χ1v) is 8.68. The number of carboxylic acid groups (broad SMARTS) is 1. The zero-order valence-corrected chi connectivity index (χ0v) is 13.1. The predicted octanol–water partition coefficient (Wildman–Crippen LogP) is 2.29. The summed E-state index contributed by atoms with van der Waals surface area (Å²) in [7, 11) is -3.57. The van der Waals surface area contributed by atoms with Gasteiger partial charge in [0.25, 0.3) is 0 Å². The van der Waals surface area contributed by atoms with Crippen LogP contribution in [0.2, 0.25) is 0 Å². The number of carbonyl (C=O) groups is 1. The molecule has 0 saturated carbocycles. The lowest BCUT2D eigenvalue weighted by atomic mass is 10.0. The van der Waals surface area contributed by atoms with Crippen molar-refractivity contribution in [3.8, 4) is 0 Å². The van der Waals surface area contributed by atoms with Crippen molar-refractivity contribution < 1.29 is 18.3 Å². The Morgan fingerprint density at radius 1 is 1.32 bits per heavy atom. The van der Waals surface area contributed by atoms with Crippen LogP contribution in [0.1, 0.15) is 30.1 Å². The monoisotopic (exact) mass is 322 g/mol. The first kappa shape index (κ1) is 15.1. The SMILES string of the molecule is CC1CCN(S(=O)(=O)c2ccc3[nH]cc(C(=O)O)c3c2)CC1. The molecule has 1 aromatic heterocycles.